The Labute approximate surface area is 227 Å². The van der Waals surface area contributed by atoms with Crippen LogP contribution in [-0.2, 0) is 26.0 Å². The van der Waals surface area contributed by atoms with Crippen molar-refractivity contribution in [1.29, 1.82) is 5.41 Å². The number of amidine groups is 1. The molecule has 0 saturated carbocycles. The quantitative estimate of drug-likeness (QED) is 0.189. The number of carbonyl (C=O) groups is 2. The Morgan fingerprint density at radius 2 is 1.62 bits per heavy atom. The minimum atomic E-state index is -4.15. The average molecular weight is 552 g/mol. The zero-order valence-corrected chi connectivity index (χ0v) is 22.3. The molecule has 0 aliphatic carbocycles. The Kier molecular flexibility index (Phi) is 8.95. The molecule has 4 rings (SSSR count). The van der Waals surface area contributed by atoms with Gasteiger partial charge in [-0.2, -0.15) is 4.72 Å². The van der Waals surface area contributed by atoms with Gasteiger partial charge >= 0.3 is 0 Å². The van der Waals surface area contributed by atoms with Crippen molar-refractivity contribution in [2.75, 3.05) is 19.7 Å². The summed E-state index contributed by atoms with van der Waals surface area (Å²) in [7, 11) is -4.15. The number of benzene rings is 3. The molecule has 1 aliphatic heterocycles. The lowest BCUT2D eigenvalue weighted by Gasteiger charge is -2.31. The molecule has 0 aromatic heterocycles. The number of nitrogens with one attached hydrogen (secondary N) is 3. The first-order chi connectivity index (χ1) is 18.7. The third-order valence-corrected chi connectivity index (χ3v) is 8.28. The monoisotopic (exact) mass is 551 g/mol. The summed E-state index contributed by atoms with van der Waals surface area (Å²) in [4.78, 5) is 28.3. The highest BCUT2D eigenvalue weighted by Gasteiger charge is 2.31. The molecule has 11 heteroatoms. The van der Waals surface area contributed by atoms with Crippen molar-refractivity contribution in [3.8, 4) is 0 Å². The van der Waals surface area contributed by atoms with Gasteiger partial charge in [0.25, 0.3) is 0 Å². The van der Waals surface area contributed by atoms with E-state index >= 15 is 0 Å². The summed E-state index contributed by atoms with van der Waals surface area (Å²) in [6.07, 6.45) is 2.90. The van der Waals surface area contributed by atoms with Crippen molar-refractivity contribution in [2.45, 2.75) is 42.7 Å². The van der Waals surface area contributed by atoms with Gasteiger partial charge in [-0.05, 0) is 47.7 Å². The normalized spacial score (nSPS) is 15.5. The van der Waals surface area contributed by atoms with Gasteiger partial charge in [-0.3, -0.25) is 15.0 Å². The average Bonchev–Trinajstić information content (AvgIpc) is 2.95. The van der Waals surface area contributed by atoms with Crippen LogP contribution in [0.4, 0.5) is 0 Å². The zero-order chi connectivity index (χ0) is 28.0. The van der Waals surface area contributed by atoms with Crippen LogP contribution in [0.2, 0.25) is 0 Å². The molecule has 2 atom stereocenters. The molecule has 0 bridgehead atoms. The maximum Gasteiger partial charge on any atom is 0.245 e. The predicted molar refractivity (Wildman–Crippen MR) is 149 cm³/mol. The Morgan fingerprint density at radius 1 is 0.949 bits per heavy atom. The number of amides is 2. The minimum absolute atomic E-state index is 0.0426. The van der Waals surface area contributed by atoms with Gasteiger partial charge < -0.3 is 21.1 Å². The van der Waals surface area contributed by atoms with Crippen LogP contribution in [0.1, 0.15) is 30.4 Å². The van der Waals surface area contributed by atoms with Crippen LogP contribution in [0.15, 0.2) is 71.6 Å². The highest BCUT2D eigenvalue weighted by molar-refractivity contribution is 7.89. The van der Waals surface area contributed by atoms with Crippen LogP contribution in [0.5, 0.6) is 0 Å². The summed E-state index contributed by atoms with van der Waals surface area (Å²) in [6, 6.07) is 16.2. The number of likely N-dealkylation sites (tertiary alicyclic amines) is 1. The Bertz CT molecular complexity index is 1450. The van der Waals surface area contributed by atoms with Gasteiger partial charge in [0.05, 0.1) is 11.5 Å². The number of hydrogen-bond acceptors (Lipinski definition) is 6. The third-order valence-electron chi connectivity index (χ3n) is 6.81. The molecule has 6 N–H and O–H groups in total. The molecule has 3 aromatic carbocycles. The lowest BCUT2D eigenvalue weighted by atomic mass is 10.0. The highest BCUT2D eigenvalue weighted by atomic mass is 32.2. The van der Waals surface area contributed by atoms with Crippen molar-refractivity contribution >= 4 is 38.4 Å². The molecule has 0 spiro atoms. The van der Waals surface area contributed by atoms with Crippen molar-refractivity contribution in [1.82, 2.24) is 14.9 Å². The molecule has 1 fully saturated rings. The summed E-state index contributed by atoms with van der Waals surface area (Å²) in [5.74, 6) is -1.16. The van der Waals surface area contributed by atoms with Crippen molar-refractivity contribution in [3.05, 3.63) is 77.9 Å². The van der Waals surface area contributed by atoms with Crippen molar-refractivity contribution < 1.29 is 23.1 Å². The standard InChI is InChI=1S/C28H33N5O5S/c29-26(30)21-10-8-19(9-11-21)16-24(28(36)33-14-4-1-5-15-33)31-27(35)25(18-34)32-39(37,38)23-13-12-20-6-2-3-7-22(20)17-23/h2-3,6-13,17,24-25,32,34H,1,4-5,14-16,18H2,(H3,29,30)(H,31,35)/t24-,25+/m1/s1. The van der Waals surface area contributed by atoms with E-state index < -0.39 is 34.6 Å². The summed E-state index contributed by atoms with van der Waals surface area (Å²) in [5, 5.41) is 21.8. The molecule has 1 heterocycles. The van der Waals surface area contributed by atoms with E-state index in [4.69, 9.17) is 11.1 Å². The fourth-order valence-corrected chi connectivity index (χ4v) is 5.85. The summed E-state index contributed by atoms with van der Waals surface area (Å²) < 4.78 is 28.5. The Balaban J connectivity index is 1.52. The second-order valence-corrected chi connectivity index (χ2v) is 11.3. The van der Waals surface area contributed by atoms with Gasteiger partial charge in [-0.15, -0.1) is 0 Å². The first-order valence-electron chi connectivity index (χ1n) is 12.8. The van der Waals surface area contributed by atoms with Crippen molar-refractivity contribution in [2.24, 2.45) is 5.73 Å². The fraction of sp³-hybridized carbons (Fsp3) is 0.321. The van der Waals surface area contributed by atoms with Gasteiger partial charge in [0.15, 0.2) is 0 Å². The first kappa shape index (κ1) is 28.2. The molecular formula is C28H33N5O5S. The van der Waals surface area contributed by atoms with E-state index in [0.29, 0.717) is 24.0 Å². The summed E-state index contributed by atoms with van der Waals surface area (Å²) in [5.41, 5.74) is 6.79. The number of piperidine rings is 1. The lowest BCUT2D eigenvalue weighted by Crippen LogP contribution is -2.56. The molecule has 3 aromatic rings. The zero-order valence-electron chi connectivity index (χ0n) is 21.5. The number of nitrogen functional groups attached to an aromatic ring is 1. The minimum Gasteiger partial charge on any atom is -0.394 e. The molecule has 0 unspecified atom stereocenters. The van der Waals surface area contributed by atoms with Crippen LogP contribution >= 0.6 is 0 Å². The number of aliphatic hydroxyl groups is 1. The van der Waals surface area contributed by atoms with Crippen molar-refractivity contribution in [3.63, 3.8) is 0 Å². The van der Waals surface area contributed by atoms with Gasteiger partial charge in [0.2, 0.25) is 21.8 Å². The topological polar surface area (TPSA) is 166 Å². The maximum absolute atomic E-state index is 13.4. The van der Waals surface area contributed by atoms with Crippen LogP contribution in [0, 0.1) is 5.41 Å². The summed E-state index contributed by atoms with van der Waals surface area (Å²) in [6.45, 7) is 0.357. The van der Waals surface area contributed by atoms with E-state index in [1.165, 1.54) is 12.1 Å². The van der Waals surface area contributed by atoms with E-state index in [1.807, 2.05) is 12.1 Å². The Morgan fingerprint density at radius 3 is 2.26 bits per heavy atom. The molecule has 1 saturated heterocycles. The van der Waals surface area contributed by atoms with Crippen LogP contribution < -0.4 is 15.8 Å². The molecule has 39 heavy (non-hydrogen) atoms. The second-order valence-electron chi connectivity index (χ2n) is 9.63. The van der Waals surface area contributed by atoms with Gasteiger partial charge in [0, 0.05) is 25.1 Å². The number of carbonyl (C=O) groups excluding carboxylic acids is 2. The second kappa shape index (κ2) is 12.4. The number of rotatable bonds is 10. The largest absolute Gasteiger partial charge is 0.394 e. The van der Waals surface area contributed by atoms with Gasteiger partial charge in [-0.25, -0.2) is 8.42 Å². The Hall–Kier alpha value is -3.80. The van der Waals surface area contributed by atoms with Gasteiger partial charge in [-0.1, -0.05) is 54.6 Å². The SMILES string of the molecule is N=C(N)c1ccc(C[C@@H](NC(=O)[C@H](CO)NS(=O)(=O)c2ccc3ccccc3c2)C(=O)N2CCCCC2)cc1. The van der Waals surface area contributed by atoms with E-state index in [-0.39, 0.29) is 23.1 Å². The maximum atomic E-state index is 13.4. The van der Waals surface area contributed by atoms with Crippen LogP contribution in [-0.4, -0.2) is 67.9 Å². The third kappa shape index (κ3) is 6.99. The number of aliphatic hydroxyl groups excluding tert-OH is 1. The van der Waals surface area contributed by atoms with E-state index in [1.54, 1.807) is 47.4 Å². The highest BCUT2D eigenvalue weighted by Crippen LogP contribution is 2.19. The first-order valence-corrected chi connectivity index (χ1v) is 14.3. The lowest BCUT2D eigenvalue weighted by molar-refractivity contribution is -0.137. The number of nitrogens with two attached hydrogens (primary N) is 1. The molecule has 206 valence electrons. The number of fused-ring (bicyclic) bond motifs is 1. The smallest absolute Gasteiger partial charge is 0.245 e. The molecule has 2 amide bonds. The number of hydrogen-bond donors (Lipinski definition) is 5. The van der Waals surface area contributed by atoms with E-state index in [2.05, 4.69) is 10.0 Å². The molecule has 1 aliphatic rings. The number of nitrogens with zero attached hydrogens (tertiary/aromatic N) is 1. The van der Waals surface area contributed by atoms with E-state index in [0.717, 1.165) is 30.2 Å². The number of sulfonamides is 1. The van der Waals surface area contributed by atoms with Gasteiger partial charge in [0.1, 0.15) is 17.9 Å². The van der Waals surface area contributed by atoms with Crippen LogP contribution in [0.25, 0.3) is 10.8 Å². The fourth-order valence-electron chi connectivity index (χ4n) is 4.63. The molecule has 10 nitrogen and oxygen atoms in total. The molecular weight excluding hydrogens is 518 g/mol. The summed E-state index contributed by atoms with van der Waals surface area (Å²) >= 11 is 0. The van der Waals surface area contributed by atoms with E-state index in [9.17, 15) is 23.1 Å². The van der Waals surface area contributed by atoms with Crippen LogP contribution in [0.3, 0.4) is 0 Å². The predicted octanol–water partition coefficient (Wildman–Crippen LogP) is 1.50. The molecule has 0 radical (unpaired) electrons.